The Bertz CT molecular complexity index is 927. The zero-order valence-electron chi connectivity index (χ0n) is 15.2. The van der Waals surface area contributed by atoms with E-state index in [4.69, 9.17) is 0 Å². The van der Waals surface area contributed by atoms with Gasteiger partial charge in [-0.2, -0.15) is 5.10 Å². The van der Waals surface area contributed by atoms with E-state index in [1.165, 1.54) is 5.01 Å². The molecule has 2 aliphatic heterocycles. The fraction of sp³-hybridized carbons (Fsp3) is 0.238. The monoisotopic (exact) mass is 376 g/mol. The van der Waals surface area contributed by atoms with Crippen LogP contribution in [0.25, 0.3) is 0 Å². The van der Waals surface area contributed by atoms with Gasteiger partial charge in [0.25, 0.3) is 11.8 Å². The van der Waals surface area contributed by atoms with E-state index in [1.54, 1.807) is 0 Å². The summed E-state index contributed by atoms with van der Waals surface area (Å²) in [7, 11) is 0. The molecule has 7 heteroatoms. The average molecular weight is 376 g/mol. The van der Waals surface area contributed by atoms with Crippen molar-refractivity contribution in [2.24, 2.45) is 5.10 Å². The van der Waals surface area contributed by atoms with Crippen LogP contribution in [0.15, 0.2) is 65.8 Å². The van der Waals surface area contributed by atoms with Crippen molar-refractivity contribution in [2.75, 3.05) is 13.1 Å². The van der Waals surface area contributed by atoms with Gasteiger partial charge in [0.1, 0.15) is 12.6 Å². The van der Waals surface area contributed by atoms with Crippen LogP contribution in [0.3, 0.4) is 0 Å². The molecule has 2 heterocycles. The number of benzene rings is 2. The molecule has 1 saturated heterocycles. The number of urea groups is 1. The summed E-state index contributed by atoms with van der Waals surface area (Å²) >= 11 is 0. The lowest BCUT2D eigenvalue weighted by Crippen LogP contribution is -2.41. The van der Waals surface area contributed by atoms with Crippen molar-refractivity contribution in [3.05, 3.63) is 71.8 Å². The van der Waals surface area contributed by atoms with Gasteiger partial charge < -0.3 is 5.32 Å². The van der Waals surface area contributed by atoms with E-state index < -0.39 is 12.1 Å². The first-order chi connectivity index (χ1) is 13.6. The Kier molecular flexibility index (Phi) is 4.89. The van der Waals surface area contributed by atoms with Crippen LogP contribution in [0.4, 0.5) is 4.79 Å². The number of nitrogens with one attached hydrogen (secondary N) is 1. The predicted octanol–water partition coefficient (Wildman–Crippen LogP) is 1.79. The number of imide groups is 1. The van der Waals surface area contributed by atoms with Gasteiger partial charge in [-0.25, -0.2) is 9.80 Å². The maximum atomic E-state index is 12.6. The maximum Gasteiger partial charge on any atom is 0.325 e. The van der Waals surface area contributed by atoms with Crippen LogP contribution in [0.2, 0.25) is 0 Å². The zero-order valence-corrected chi connectivity index (χ0v) is 15.2. The number of rotatable bonds is 5. The van der Waals surface area contributed by atoms with Gasteiger partial charge in [-0.1, -0.05) is 60.7 Å². The molecule has 0 saturated carbocycles. The molecule has 0 bridgehead atoms. The second-order valence-corrected chi connectivity index (χ2v) is 6.80. The maximum absolute atomic E-state index is 12.6. The molecule has 1 atom stereocenters. The summed E-state index contributed by atoms with van der Waals surface area (Å²) in [6.07, 6.45) is 1.04. The Balaban J connectivity index is 1.40. The molecule has 0 radical (unpaired) electrons. The van der Waals surface area contributed by atoms with E-state index in [9.17, 15) is 14.4 Å². The number of nitrogens with zero attached hydrogens (tertiary/aromatic N) is 3. The molecule has 1 fully saturated rings. The molecule has 4 amide bonds. The first-order valence-electron chi connectivity index (χ1n) is 9.21. The van der Waals surface area contributed by atoms with E-state index in [-0.39, 0.29) is 18.4 Å². The third-order valence-corrected chi connectivity index (χ3v) is 4.88. The first kappa shape index (κ1) is 17.9. The van der Waals surface area contributed by atoms with Gasteiger partial charge in [-0.3, -0.25) is 14.5 Å². The number of amides is 4. The molecular weight excluding hydrogens is 356 g/mol. The van der Waals surface area contributed by atoms with Gasteiger partial charge in [-0.05, 0) is 11.1 Å². The second-order valence-electron chi connectivity index (χ2n) is 6.80. The van der Waals surface area contributed by atoms with Crippen molar-refractivity contribution < 1.29 is 14.4 Å². The molecular formula is C21H20N4O3. The molecule has 28 heavy (non-hydrogen) atoms. The fourth-order valence-corrected chi connectivity index (χ4v) is 3.40. The third kappa shape index (κ3) is 3.64. The van der Waals surface area contributed by atoms with Crippen molar-refractivity contribution in [1.82, 2.24) is 15.2 Å². The molecule has 0 aliphatic carbocycles. The largest absolute Gasteiger partial charge is 0.325 e. The van der Waals surface area contributed by atoms with Crippen molar-refractivity contribution in [1.29, 1.82) is 0 Å². The van der Waals surface area contributed by atoms with Crippen molar-refractivity contribution >= 4 is 23.6 Å². The molecule has 142 valence electrons. The molecule has 0 spiro atoms. The predicted molar refractivity (Wildman–Crippen MR) is 103 cm³/mol. The van der Waals surface area contributed by atoms with Crippen LogP contribution in [0.5, 0.6) is 0 Å². The Morgan fingerprint density at radius 3 is 2.43 bits per heavy atom. The number of hydrazone groups is 1. The summed E-state index contributed by atoms with van der Waals surface area (Å²) in [5, 5.41) is 8.37. The summed E-state index contributed by atoms with van der Waals surface area (Å²) in [5.74, 6) is -0.747. The molecule has 1 unspecified atom stereocenters. The first-order valence-corrected chi connectivity index (χ1v) is 9.21. The number of carbonyl (C=O) groups is 3. The highest BCUT2D eigenvalue weighted by Gasteiger charge is 2.39. The molecule has 7 nitrogen and oxygen atoms in total. The zero-order chi connectivity index (χ0) is 19.5. The van der Waals surface area contributed by atoms with E-state index in [0.717, 1.165) is 21.7 Å². The minimum absolute atomic E-state index is 0.304. The molecule has 2 aliphatic rings. The SMILES string of the molecule is O=C(CN1C(=O)NC(Cc2ccccc2)C1=O)N1CCC(c2ccccc2)=N1. The summed E-state index contributed by atoms with van der Waals surface area (Å²) in [6.45, 7) is 0.141. The summed E-state index contributed by atoms with van der Waals surface area (Å²) in [6, 6.07) is 17.9. The lowest BCUT2D eigenvalue weighted by atomic mass is 10.1. The number of carbonyl (C=O) groups excluding carboxylic acids is 3. The van der Waals surface area contributed by atoms with Gasteiger partial charge in [0, 0.05) is 12.8 Å². The van der Waals surface area contributed by atoms with E-state index in [2.05, 4.69) is 10.4 Å². The quantitative estimate of drug-likeness (QED) is 0.808. The second kappa shape index (κ2) is 7.64. The topological polar surface area (TPSA) is 82.1 Å². The molecule has 0 aromatic heterocycles. The number of hydrogen-bond acceptors (Lipinski definition) is 4. The van der Waals surface area contributed by atoms with Crippen LogP contribution < -0.4 is 5.32 Å². The van der Waals surface area contributed by atoms with Gasteiger partial charge in [0.2, 0.25) is 0 Å². The van der Waals surface area contributed by atoms with Crippen LogP contribution in [-0.4, -0.2) is 52.6 Å². The third-order valence-electron chi connectivity index (χ3n) is 4.88. The Labute approximate surface area is 162 Å². The lowest BCUT2D eigenvalue weighted by Gasteiger charge is -2.16. The van der Waals surface area contributed by atoms with E-state index in [1.807, 2.05) is 60.7 Å². The highest BCUT2D eigenvalue weighted by atomic mass is 16.2. The molecule has 1 N–H and O–H groups in total. The Hall–Kier alpha value is -3.48. The van der Waals surface area contributed by atoms with Crippen molar-refractivity contribution in [2.45, 2.75) is 18.9 Å². The molecule has 2 aromatic rings. The highest BCUT2D eigenvalue weighted by molar-refractivity contribution is 6.07. The smallest absolute Gasteiger partial charge is 0.325 e. The number of hydrogen-bond donors (Lipinski definition) is 1. The van der Waals surface area contributed by atoms with Crippen LogP contribution in [0, 0.1) is 0 Å². The normalized spacial score (nSPS) is 19.0. The summed E-state index contributed by atoms with van der Waals surface area (Å²) in [5.41, 5.74) is 2.75. The van der Waals surface area contributed by atoms with Crippen LogP contribution in [0.1, 0.15) is 17.5 Å². The summed E-state index contributed by atoms with van der Waals surface area (Å²) < 4.78 is 0. The van der Waals surface area contributed by atoms with Gasteiger partial charge in [0.15, 0.2) is 0 Å². The minimum atomic E-state index is -0.648. The Morgan fingerprint density at radius 1 is 1.04 bits per heavy atom. The summed E-state index contributed by atoms with van der Waals surface area (Å²) in [4.78, 5) is 38.4. The average Bonchev–Trinajstić information content (AvgIpc) is 3.31. The Morgan fingerprint density at radius 2 is 1.71 bits per heavy atom. The van der Waals surface area contributed by atoms with Crippen molar-refractivity contribution in [3.8, 4) is 0 Å². The fourth-order valence-electron chi connectivity index (χ4n) is 3.40. The van der Waals surface area contributed by atoms with Gasteiger partial charge >= 0.3 is 6.03 Å². The molecule has 4 rings (SSSR count). The molecule has 2 aromatic carbocycles. The minimum Gasteiger partial charge on any atom is -0.325 e. The van der Waals surface area contributed by atoms with Crippen LogP contribution >= 0.6 is 0 Å². The van der Waals surface area contributed by atoms with Crippen molar-refractivity contribution in [3.63, 3.8) is 0 Å². The van der Waals surface area contributed by atoms with E-state index in [0.29, 0.717) is 19.4 Å². The lowest BCUT2D eigenvalue weighted by molar-refractivity contribution is -0.137. The van der Waals surface area contributed by atoms with Gasteiger partial charge in [0.05, 0.1) is 12.3 Å². The highest BCUT2D eigenvalue weighted by Crippen LogP contribution is 2.16. The van der Waals surface area contributed by atoms with Gasteiger partial charge in [-0.15, -0.1) is 0 Å². The standard InChI is InChI=1S/C21H20N4O3/c26-19(25-12-11-17(23-25)16-9-5-2-6-10-16)14-24-20(27)18(22-21(24)28)13-15-7-3-1-4-8-15/h1-10,18H,11-14H2,(H,22,28). The van der Waals surface area contributed by atoms with Crippen LogP contribution in [-0.2, 0) is 16.0 Å². The van der Waals surface area contributed by atoms with E-state index >= 15 is 0 Å².